The molecule has 102 valence electrons. The van der Waals surface area contributed by atoms with Gasteiger partial charge in [-0.05, 0) is 53.7 Å². The largest absolute Gasteiger partial charge is 0.312 e. The molecule has 0 fully saturated rings. The van der Waals surface area contributed by atoms with Crippen LogP contribution in [0.3, 0.4) is 0 Å². The van der Waals surface area contributed by atoms with Crippen LogP contribution in [0.2, 0.25) is 0 Å². The summed E-state index contributed by atoms with van der Waals surface area (Å²) in [6, 6.07) is 2.17. The minimum atomic E-state index is 0.214. The smallest absolute Gasteiger partial charge is 0.0596 e. The van der Waals surface area contributed by atoms with Gasteiger partial charge in [-0.2, -0.15) is 5.10 Å². The summed E-state index contributed by atoms with van der Waals surface area (Å²) in [7, 11) is 0. The van der Waals surface area contributed by atoms with Crippen molar-refractivity contribution in [1.82, 2.24) is 15.1 Å². The van der Waals surface area contributed by atoms with Gasteiger partial charge in [0.1, 0.15) is 0 Å². The van der Waals surface area contributed by atoms with Crippen molar-refractivity contribution in [3.63, 3.8) is 0 Å². The highest BCUT2D eigenvalue weighted by molar-refractivity contribution is 5.12. The maximum absolute atomic E-state index is 4.45. The standard InChI is InChI=1S/C15H27N3/c1-6-18-14(12-13(2)17-18)10-8-7-9-11-16-15(3,4)5/h7-8,12,16H,6,9-11H2,1-5H3. The van der Waals surface area contributed by atoms with Gasteiger partial charge >= 0.3 is 0 Å². The molecule has 0 aromatic carbocycles. The second kappa shape index (κ2) is 6.74. The van der Waals surface area contributed by atoms with Crippen LogP contribution in [0.1, 0.15) is 45.5 Å². The highest BCUT2D eigenvalue weighted by Gasteiger charge is 2.06. The predicted molar refractivity (Wildman–Crippen MR) is 77.9 cm³/mol. The van der Waals surface area contributed by atoms with Crippen molar-refractivity contribution < 1.29 is 0 Å². The third kappa shape index (κ3) is 5.50. The van der Waals surface area contributed by atoms with Gasteiger partial charge in [0.15, 0.2) is 0 Å². The SMILES string of the molecule is CCn1nc(C)cc1CC=CCCNC(C)(C)C. The van der Waals surface area contributed by atoms with Crippen LogP contribution in [0.15, 0.2) is 18.2 Å². The second-order valence-electron chi connectivity index (χ2n) is 5.73. The van der Waals surface area contributed by atoms with Gasteiger partial charge in [-0.3, -0.25) is 4.68 Å². The number of aryl methyl sites for hydroxylation is 2. The molecule has 0 bridgehead atoms. The number of nitrogens with zero attached hydrogens (tertiary/aromatic N) is 2. The zero-order valence-corrected chi connectivity index (χ0v) is 12.5. The predicted octanol–water partition coefficient (Wildman–Crippen LogP) is 3.09. The molecule has 1 rings (SSSR count). The molecule has 18 heavy (non-hydrogen) atoms. The van der Waals surface area contributed by atoms with Gasteiger partial charge in [-0.15, -0.1) is 0 Å². The van der Waals surface area contributed by atoms with Gasteiger partial charge in [0.25, 0.3) is 0 Å². The second-order valence-corrected chi connectivity index (χ2v) is 5.73. The Hall–Kier alpha value is -1.09. The van der Waals surface area contributed by atoms with E-state index in [1.54, 1.807) is 0 Å². The summed E-state index contributed by atoms with van der Waals surface area (Å²) in [6.07, 6.45) is 6.55. The molecular weight excluding hydrogens is 222 g/mol. The van der Waals surface area contributed by atoms with Crippen molar-refractivity contribution in [1.29, 1.82) is 0 Å². The average Bonchev–Trinajstić information content (AvgIpc) is 2.62. The topological polar surface area (TPSA) is 29.9 Å². The minimum Gasteiger partial charge on any atom is -0.312 e. The van der Waals surface area contributed by atoms with Crippen LogP contribution in [0, 0.1) is 6.92 Å². The zero-order valence-electron chi connectivity index (χ0n) is 12.5. The summed E-state index contributed by atoms with van der Waals surface area (Å²) in [5, 5.41) is 7.93. The molecule has 0 saturated carbocycles. The molecule has 0 atom stereocenters. The third-order valence-electron chi connectivity index (χ3n) is 2.75. The van der Waals surface area contributed by atoms with E-state index >= 15 is 0 Å². The lowest BCUT2D eigenvalue weighted by molar-refractivity contribution is 0.431. The molecule has 3 heteroatoms. The van der Waals surface area contributed by atoms with E-state index in [1.807, 2.05) is 6.92 Å². The van der Waals surface area contributed by atoms with E-state index in [-0.39, 0.29) is 5.54 Å². The zero-order chi connectivity index (χ0) is 13.6. The first-order valence-corrected chi connectivity index (χ1v) is 6.85. The van der Waals surface area contributed by atoms with Crippen LogP contribution in [0.25, 0.3) is 0 Å². The van der Waals surface area contributed by atoms with E-state index in [4.69, 9.17) is 0 Å². The highest BCUT2D eigenvalue weighted by Crippen LogP contribution is 2.05. The Labute approximate surface area is 111 Å². The van der Waals surface area contributed by atoms with Crippen LogP contribution in [0.4, 0.5) is 0 Å². The lowest BCUT2D eigenvalue weighted by Gasteiger charge is -2.19. The van der Waals surface area contributed by atoms with Crippen molar-refractivity contribution >= 4 is 0 Å². The van der Waals surface area contributed by atoms with Crippen molar-refractivity contribution in [2.24, 2.45) is 0 Å². The average molecular weight is 249 g/mol. The minimum absolute atomic E-state index is 0.214. The van der Waals surface area contributed by atoms with E-state index in [1.165, 1.54) is 5.69 Å². The molecule has 1 N–H and O–H groups in total. The van der Waals surface area contributed by atoms with Crippen LogP contribution >= 0.6 is 0 Å². The van der Waals surface area contributed by atoms with Crippen LogP contribution in [0.5, 0.6) is 0 Å². The number of nitrogens with one attached hydrogen (secondary N) is 1. The maximum atomic E-state index is 4.45. The van der Waals surface area contributed by atoms with Gasteiger partial charge in [-0.1, -0.05) is 12.2 Å². The van der Waals surface area contributed by atoms with Crippen molar-refractivity contribution in [3.8, 4) is 0 Å². The van der Waals surface area contributed by atoms with E-state index < -0.39 is 0 Å². The molecule has 1 aromatic heterocycles. The summed E-state index contributed by atoms with van der Waals surface area (Å²) < 4.78 is 2.08. The summed E-state index contributed by atoms with van der Waals surface area (Å²) in [4.78, 5) is 0. The molecule has 0 unspecified atom stereocenters. The van der Waals surface area contributed by atoms with Gasteiger partial charge < -0.3 is 5.32 Å². The van der Waals surface area contributed by atoms with Crippen LogP contribution in [-0.2, 0) is 13.0 Å². The summed E-state index contributed by atoms with van der Waals surface area (Å²) >= 11 is 0. The number of aromatic nitrogens is 2. The lowest BCUT2D eigenvalue weighted by Crippen LogP contribution is -2.36. The van der Waals surface area contributed by atoms with Gasteiger partial charge in [0.05, 0.1) is 5.69 Å². The first kappa shape index (κ1) is 15.0. The van der Waals surface area contributed by atoms with Gasteiger partial charge in [0, 0.05) is 24.2 Å². The Kier molecular flexibility index (Phi) is 5.60. The van der Waals surface area contributed by atoms with E-state index in [0.717, 1.165) is 31.6 Å². The summed E-state index contributed by atoms with van der Waals surface area (Å²) in [5.74, 6) is 0. The Morgan fingerprint density at radius 1 is 1.33 bits per heavy atom. The third-order valence-corrected chi connectivity index (χ3v) is 2.75. The Bertz CT molecular complexity index is 383. The van der Waals surface area contributed by atoms with Gasteiger partial charge in [0.2, 0.25) is 0 Å². The Morgan fingerprint density at radius 2 is 2.06 bits per heavy atom. The normalized spacial score (nSPS) is 12.5. The molecule has 0 aliphatic carbocycles. The van der Waals surface area contributed by atoms with E-state index in [9.17, 15) is 0 Å². The molecular formula is C15H27N3. The number of allylic oxidation sites excluding steroid dienone is 1. The summed E-state index contributed by atoms with van der Waals surface area (Å²) in [6.45, 7) is 12.7. The molecule has 0 aliphatic rings. The Morgan fingerprint density at radius 3 is 2.67 bits per heavy atom. The lowest BCUT2D eigenvalue weighted by atomic mass is 10.1. The first-order valence-electron chi connectivity index (χ1n) is 6.85. The van der Waals surface area contributed by atoms with Crippen molar-refractivity contribution in [2.75, 3.05) is 6.54 Å². The fourth-order valence-electron chi connectivity index (χ4n) is 1.89. The molecule has 1 aromatic rings. The molecule has 0 amide bonds. The molecule has 0 spiro atoms. The molecule has 1 heterocycles. The van der Waals surface area contributed by atoms with E-state index in [2.05, 4.69) is 61.0 Å². The molecule has 0 aliphatic heterocycles. The number of hydrogen-bond acceptors (Lipinski definition) is 2. The van der Waals surface area contributed by atoms with Crippen molar-refractivity contribution in [2.45, 2.75) is 59.5 Å². The quantitative estimate of drug-likeness (QED) is 0.620. The highest BCUT2D eigenvalue weighted by atomic mass is 15.3. The first-order chi connectivity index (χ1) is 8.42. The summed E-state index contributed by atoms with van der Waals surface area (Å²) in [5.41, 5.74) is 2.62. The fourth-order valence-corrected chi connectivity index (χ4v) is 1.89. The number of hydrogen-bond donors (Lipinski definition) is 1. The Balaban J connectivity index is 2.32. The molecule has 3 nitrogen and oxygen atoms in total. The molecule has 0 saturated heterocycles. The fraction of sp³-hybridized carbons (Fsp3) is 0.667. The van der Waals surface area contributed by atoms with Crippen molar-refractivity contribution in [3.05, 3.63) is 29.6 Å². The maximum Gasteiger partial charge on any atom is 0.0596 e. The van der Waals surface area contributed by atoms with Crippen LogP contribution in [-0.4, -0.2) is 21.9 Å². The monoisotopic (exact) mass is 249 g/mol. The number of rotatable bonds is 6. The van der Waals surface area contributed by atoms with E-state index in [0.29, 0.717) is 0 Å². The van der Waals surface area contributed by atoms with Gasteiger partial charge in [-0.25, -0.2) is 0 Å². The molecule has 0 radical (unpaired) electrons. The van der Waals surface area contributed by atoms with Crippen LogP contribution < -0.4 is 5.32 Å².